The highest BCUT2D eigenvalue weighted by Crippen LogP contribution is 2.21. The number of rotatable bonds is 2. The molecular weight excluding hydrogens is 238 g/mol. The Hall–Kier alpha value is -2.04. The Kier molecular flexibility index (Phi) is 4.39. The van der Waals surface area contributed by atoms with Crippen LogP contribution in [0.4, 0.5) is 0 Å². The predicted molar refractivity (Wildman–Crippen MR) is 78.0 cm³/mol. The Morgan fingerprint density at radius 3 is 2.42 bits per heavy atom. The van der Waals surface area contributed by atoms with Crippen LogP contribution < -0.4 is 11.5 Å². The molecule has 0 aliphatic carbocycles. The lowest BCUT2D eigenvalue weighted by atomic mass is 9.90. The number of piperidine rings is 1. The minimum Gasteiger partial charge on any atom is -0.370 e. The molecule has 1 fully saturated rings. The first-order valence-electron chi connectivity index (χ1n) is 6.62. The van der Waals surface area contributed by atoms with Gasteiger partial charge in [-0.25, -0.2) is 0 Å². The van der Waals surface area contributed by atoms with Crippen LogP contribution in [-0.2, 0) is 6.42 Å². The van der Waals surface area contributed by atoms with Crippen molar-refractivity contribution in [1.29, 1.82) is 5.41 Å². The molecular formula is C14H21N5. The van der Waals surface area contributed by atoms with Crippen molar-refractivity contribution in [3.8, 4) is 0 Å². The molecule has 1 aliphatic rings. The summed E-state index contributed by atoms with van der Waals surface area (Å²) in [6.07, 6.45) is 3.28. The molecule has 1 heterocycles. The SMILES string of the molecule is N=C(N=C(N)N)N1CCC(Cc2ccccc2)CC1. The number of hydrogen-bond acceptors (Lipinski definition) is 1. The summed E-state index contributed by atoms with van der Waals surface area (Å²) in [4.78, 5) is 5.72. The molecule has 5 heteroatoms. The quantitative estimate of drug-likeness (QED) is 0.549. The Balaban J connectivity index is 1.83. The number of guanidine groups is 2. The second kappa shape index (κ2) is 6.22. The van der Waals surface area contributed by atoms with Crippen molar-refractivity contribution >= 4 is 11.9 Å². The molecule has 0 bridgehead atoms. The van der Waals surface area contributed by atoms with E-state index in [0.29, 0.717) is 5.92 Å². The van der Waals surface area contributed by atoms with Gasteiger partial charge in [0.15, 0.2) is 5.96 Å². The first-order chi connectivity index (χ1) is 9.15. The zero-order chi connectivity index (χ0) is 13.7. The van der Waals surface area contributed by atoms with Gasteiger partial charge in [-0.05, 0) is 30.7 Å². The van der Waals surface area contributed by atoms with Crippen LogP contribution in [-0.4, -0.2) is 29.9 Å². The molecule has 1 aliphatic heterocycles. The van der Waals surface area contributed by atoms with E-state index in [1.807, 2.05) is 11.0 Å². The molecule has 5 N–H and O–H groups in total. The monoisotopic (exact) mass is 259 g/mol. The molecule has 1 aromatic carbocycles. The molecule has 0 saturated carbocycles. The highest BCUT2D eigenvalue weighted by Gasteiger charge is 2.21. The summed E-state index contributed by atoms with van der Waals surface area (Å²) in [7, 11) is 0. The van der Waals surface area contributed by atoms with E-state index in [1.165, 1.54) is 5.56 Å². The summed E-state index contributed by atoms with van der Waals surface area (Å²) in [5.41, 5.74) is 12.0. The third-order valence-corrected chi connectivity index (χ3v) is 3.52. The van der Waals surface area contributed by atoms with Gasteiger partial charge in [0.05, 0.1) is 0 Å². The van der Waals surface area contributed by atoms with Crippen molar-refractivity contribution in [2.75, 3.05) is 13.1 Å². The van der Waals surface area contributed by atoms with Gasteiger partial charge in [0.2, 0.25) is 5.96 Å². The van der Waals surface area contributed by atoms with Crippen molar-refractivity contribution < 1.29 is 0 Å². The maximum Gasteiger partial charge on any atom is 0.221 e. The highest BCUT2D eigenvalue weighted by molar-refractivity contribution is 5.91. The number of likely N-dealkylation sites (tertiary alicyclic amines) is 1. The summed E-state index contributed by atoms with van der Waals surface area (Å²) in [6, 6.07) is 10.6. The van der Waals surface area contributed by atoms with Crippen LogP contribution in [0.25, 0.3) is 0 Å². The molecule has 2 rings (SSSR count). The van der Waals surface area contributed by atoms with Crippen LogP contribution in [0.5, 0.6) is 0 Å². The number of nitrogens with zero attached hydrogens (tertiary/aromatic N) is 2. The number of benzene rings is 1. The summed E-state index contributed by atoms with van der Waals surface area (Å²) >= 11 is 0. The Morgan fingerprint density at radius 2 is 1.84 bits per heavy atom. The van der Waals surface area contributed by atoms with Gasteiger partial charge in [0.1, 0.15) is 0 Å². The molecule has 0 spiro atoms. The molecule has 0 atom stereocenters. The molecule has 0 radical (unpaired) electrons. The van der Waals surface area contributed by atoms with E-state index in [0.717, 1.165) is 32.4 Å². The van der Waals surface area contributed by atoms with Gasteiger partial charge in [0.25, 0.3) is 0 Å². The molecule has 1 saturated heterocycles. The van der Waals surface area contributed by atoms with Crippen LogP contribution >= 0.6 is 0 Å². The fraction of sp³-hybridized carbons (Fsp3) is 0.429. The van der Waals surface area contributed by atoms with Gasteiger partial charge in [-0.3, -0.25) is 5.41 Å². The summed E-state index contributed by atoms with van der Waals surface area (Å²) < 4.78 is 0. The average molecular weight is 259 g/mol. The summed E-state index contributed by atoms with van der Waals surface area (Å²) in [6.45, 7) is 1.71. The Bertz CT molecular complexity index is 442. The van der Waals surface area contributed by atoms with Crippen molar-refractivity contribution in [3.63, 3.8) is 0 Å². The topological polar surface area (TPSA) is 91.5 Å². The van der Waals surface area contributed by atoms with Crippen molar-refractivity contribution in [2.24, 2.45) is 22.4 Å². The van der Waals surface area contributed by atoms with Crippen LogP contribution in [0.3, 0.4) is 0 Å². The van der Waals surface area contributed by atoms with Gasteiger partial charge in [0, 0.05) is 13.1 Å². The van der Waals surface area contributed by atoms with Gasteiger partial charge < -0.3 is 16.4 Å². The van der Waals surface area contributed by atoms with Gasteiger partial charge in [-0.2, -0.15) is 4.99 Å². The van der Waals surface area contributed by atoms with E-state index in [1.54, 1.807) is 0 Å². The fourth-order valence-electron chi connectivity index (χ4n) is 2.49. The van der Waals surface area contributed by atoms with Gasteiger partial charge >= 0.3 is 0 Å². The number of nitrogens with two attached hydrogens (primary N) is 2. The largest absolute Gasteiger partial charge is 0.370 e. The second-order valence-electron chi connectivity index (χ2n) is 4.98. The molecule has 19 heavy (non-hydrogen) atoms. The van der Waals surface area contributed by atoms with Crippen LogP contribution in [0.1, 0.15) is 18.4 Å². The Morgan fingerprint density at radius 1 is 1.21 bits per heavy atom. The van der Waals surface area contributed by atoms with Crippen molar-refractivity contribution in [2.45, 2.75) is 19.3 Å². The fourth-order valence-corrected chi connectivity index (χ4v) is 2.49. The molecule has 0 aromatic heterocycles. The minimum absolute atomic E-state index is 0.0450. The number of nitrogens with one attached hydrogen (secondary N) is 1. The van der Waals surface area contributed by atoms with E-state index in [4.69, 9.17) is 16.9 Å². The van der Waals surface area contributed by atoms with Crippen LogP contribution in [0.2, 0.25) is 0 Å². The van der Waals surface area contributed by atoms with E-state index in [2.05, 4.69) is 29.3 Å². The smallest absolute Gasteiger partial charge is 0.221 e. The summed E-state index contributed by atoms with van der Waals surface area (Å²) in [5.74, 6) is 0.820. The normalized spacial score (nSPS) is 16.1. The van der Waals surface area contributed by atoms with E-state index in [-0.39, 0.29) is 11.9 Å². The lowest BCUT2D eigenvalue weighted by Gasteiger charge is -2.32. The first kappa shape index (κ1) is 13.4. The molecule has 102 valence electrons. The van der Waals surface area contributed by atoms with Gasteiger partial charge in [-0.15, -0.1) is 0 Å². The van der Waals surface area contributed by atoms with Crippen molar-refractivity contribution in [3.05, 3.63) is 35.9 Å². The highest BCUT2D eigenvalue weighted by atomic mass is 15.3. The van der Waals surface area contributed by atoms with Crippen LogP contribution in [0, 0.1) is 11.3 Å². The average Bonchev–Trinajstić information content (AvgIpc) is 2.40. The molecule has 0 amide bonds. The third-order valence-electron chi connectivity index (χ3n) is 3.52. The summed E-state index contributed by atoms with van der Waals surface area (Å²) in [5, 5.41) is 7.78. The number of hydrogen-bond donors (Lipinski definition) is 3. The van der Waals surface area contributed by atoms with Gasteiger partial charge in [-0.1, -0.05) is 30.3 Å². The van der Waals surface area contributed by atoms with Crippen LogP contribution in [0.15, 0.2) is 35.3 Å². The molecule has 5 nitrogen and oxygen atoms in total. The van der Waals surface area contributed by atoms with E-state index in [9.17, 15) is 0 Å². The lowest BCUT2D eigenvalue weighted by molar-refractivity contribution is 0.262. The molecule has 1 aromatic rings. The van der Waals surface area contributed by atoms with E-state index < -0.39 is 0 Å². The second-order valence-corrected chi connectivity index (χ2v) is 4.98. The zero-order valence-corrected chi connectivity index (χ0v) is 11.0. The third kappa shape index (κ3) is 3.98. The predicted octanol–water partition coefficient (Wildman–Crippen LogP) is 1.15. The maximum atomic E-state index is 7.78. The zero-order valence-electron chi connectivity index (χ0n) is 11.0. The minimum atomic E-state index is -0.0450. The maximum absolute atomic E-state index is 7.78. The Labute approximate surface area is 113 Å². The van der Waals surface area contributed by atoms with Crippen molar-refractivity contribution in [1.82, 2.24) is 4.90 Å². The number of aliphatic imine (C=N–C) groups is 1. The van der Waals surface area contributed by atoms with E-state index >= 15 is 0 Å². The standard InChI is InChI=1S/C14H21N5/c15-13(16)18-14(17)19-8-6-12(7-9-19)10-11-4-2-1-3-5-11/h1-5,12H,6-10H2,(H5,15,16,17,18). The molecule has 0 unspecified atom stereocenters. The lowest BCUT2D eigenvalue weighted by Crippen LogP contribution is -2.39. The first-order valence-corrected chi connectivity index (χ1v) is 6.62.